The van der Waals surface area contributed by atoms with Crippen LogP contribution in [0.2, 0.25) is 0 Å². The minimum Gasteiger partial charge on any atom is -0.466 e. The number of carbonyl (C=O) groups excluding carboxylic acids is 1. The van der Waals surface area contributed by atoms with E-state index in [-0.39, 0.29) is 29.6 Å². The first-order valence-corrected chi connectivity index (χ1v) is 12.0. The van der Waals surface area contributed by atoms with Gasteiger partial charge in [0.25, 0.3) is 0 Å². The number of hydrogen-bond acceptors (Lipinski definition) is 4. The van der Waals surface area contributed by atoms with Crippen molar-refractivity contribution in [2.24, 2.45) is 23.7 Å². The van der Waals surface area contributed by atoms with Gasteiger partial charge in [0.2, 0.25) is 0 Å². The molecule has 0 saturated heterocycles. The molecule has 0 N–H and O–H groups in total. The maximum atomic E-state index is 11.6. The summed E-state index contributed by atoms with van der Waals surface area (Å²) in [5.41, 5.74) is 0. The Morgan fingerprint density at radius 2 is 1.63 bits per heavy atom. The van der Waals surface area contributed by atoms with Crippen LogP contribution in [0.1, 0.15) is 90.9 Å². The molecule has 0 spiro atoms. The van der Waals surface area contributed by atoms with Crippen molar-refractivity contribution in [3.8, 4) is 12.1 Å². The summed E-state index contributed by atoms with van der Waals surface area (Å²) in [5.74, 6) is -0.313. The van der Waals surface area contributed by atoms with E-state index in [1.165, 1.54) is 6.42 Å². The van der Waals surface area contributed by atoms with Crippen molar-refractivity contribution in [1.82, 2.24) is 0 Å². The van der Waals surface area contributed by atoms with Gasteiger partial charge in [-0.2, -0.15) is 10.5 Å². The van der Waals surface area contributed by atoms with Gasteiger partial charge in [-0.3, -0.25) is 4.79 Å². The summed E-state index contributed by atoms with van der Waals surface area (Å²) in [5, 5.41) is 19.3. The van der Waals surface area contributed by atoms with Gasteiger partial charge in [-0.05, 0) is 31.6 Å². The molecule has 4 heteroatoms. The van der Waals surface area contributed by atoms with Crippen molar-refractivity contribution in [2.45, 2.75) is 90.9 Å². The van der Waals surface area contributed by atoms with Crippen molar-refractivity contribution in [3.63, 3.8) is 0 Å². The van der Waals surface area contributed by atoms with E-state index in [0.717, 1.165) is 64.2 Å². The Hall–Kier alpha value is -2.07. The van der Waals surface area contributed by atoms with E-state index in [2.05, 4.69) is 50.3 Å². The van der Waals surface area contributed by atoms with Crippen molar-refractivity contribution < 1.29 is 9.53 Å². The maximum Gasteiger partial charge on any atom is 0.305 e. The Balaban J connectivity index is 2.31. The molecule has 1 rings (SSSR count). The zero-order valence-corrected chi connectivity index (χ0v) is 19.0. The zero-order valence-electron chi connectivity index (χ0n) is 19.0. The fraction of sp³-hybridized carbons (Fsp3) is 0.731. The Morgan fingerprint density at radius 3 is 2.33 bits per heavy atom. The summed E-state index contributed by atoms with van der Waals surface area (Å²) in [6.45, 7) is 4.80. The van der Waals surface area contributed by atoms with E-state index in [4.69, 9.17) is 4.74 Å². The van der Waals surface area contributed by atoms with Gasteiger partial charge in [0.05, 0.1) is 30.6 Å². The predicted molar refractivity (Wildman–Crippen MR) is 121 cm³/mol. The van der Waals surface area contributed by atoms with Gasteiger partial charge >= 0.3 is 5.97 Å². The van der Waals surface area contributed by atoms with E-state index in [0.29, 0.717) is 13.0 Å². The quantitative estimate of drug-likeness (QED) is 0.167. The highest BCUT2D eigenvalue weighted by atomic mass is 16.5. The van der Waals surface area contributed by atoms with Crippen molar-refractivity contribution >= 4 is 5.97 Å². The van der Waals surface area contributed by atoms with Crippen LogP contribution >= 0.6 is 0 Å². The molecule has 0 aromatic carbocycles. The maximum absolute atomic E-state index is 11.6. The Labute approximate surface area is 184 Å². The smallest absolute Gasteiger partial charge is 0.305 e. The lowest BCUT2D eigenvalue weighted by molar-refractivity contribution is -0.143. The Bertz CT molecular complexity index is 612. The third kappa shape index (κ3) is 10.1. The molecule has 0 heterocycles. The van der Waals surface area contributed by atoms with Crippen LogP contribution in [0, 0.1) is 46.3 Å². The van der Waals surface area contributed by atoms with Crippen LogP contribution in [-0.4, -0.2) is 12.6 Å². The number of hydrogen-bond donors (Lipinski definition) is 0. The summed E-state index contributed by atoms with van der Waals surface area (Å²) in [7, 11) is 0. The van der Waals surface area contributed by atoms with Gasteiger partial charge in [0.15, 0.2) is 0 Å². The first kappa shape index (κ1) is 26.0. The second-order valence-corrected chi connectivity index (χ2v) is 8.39. The molecule has 4 atom stereocenters. The molecule has 4 unspecified atom stereocenters. The molecule has 4 nitrogen and oxygen atoms in total. The number of esters is 1. The molecule has 0 aliphatic heterocycles. The molecule has 0 bridgehead atoms. The first-order valence-electron chi connectivity index (χ1n) is 12.0. The van der Waals surface area contributed by atoms with E-state index in [1.54, 1.807) is 0 Å². The number of carbonyl (C=O) groups is 1. The average Bonchev–Trinajstić information content (AvgIpc) is 2.76. The SMILES string of the molecule is CCCC/C=C/C1C=CC(CCCCCCCC(=O)OCCCC)C(C#N)C1C#N. The van der Waals surface area contributed by atoms with Gasteiger partial charge in [-0.15, -0.1) is 0 Å². The van der Waals surface area contributed by atoms with Crippen LogP contribution in [0.15, 0.2) is 24.3 Å². The van der Waals surface area contributed by atoms with E-state index >= 15 is 0 Å². The minimum absolute atomic E-state index is 0.0600. The topological polar surface area (TPSA) is 73.9 Å². The van der Waals surface area contributed by atoms with Gasteiger partial charge < -0.3 is 4.74 Å². The van der Waals surface area contributed by atoms with Crippen molar-refractivity contribution in [3.05, 3.63) is 24.3 Å². The summed E-state index contributed by atoms with van der Waals surface area (Å²) in [6, 6.07) is 4.83. The second kappa shape index (κ2) is 16.7. The van der Waals surface area contributed by atoms with Crippen LogP contribution in [-0.2, 0) is 9.53 Å². The monoisotopic (exact) mass is 412 g/mol. The van der Waals surface area contributed by atoms with E-state index in [9.17, 15) is 15.3 Å². The third-order valence-electron chi connectivity index (χ3n) is 5.90. The molecular formula is C26H40N2O2. The normalized spacial score (nSPS) is 23.2. The van der Waals surface area contributed by atoms with Gasteiger partial charge in [-0.25, -0.2) is 0 Å². The lowest BCUT2D eigenvalue weighted by atomic mass is 9.70. The van der Waals surface area contributed by atoms with Crippen LogP contribution in [0.25, 0.3) is 0 Å². The number of unbranched alkanes of at least 4 members (excludes halogenated alkanes) is 7. The van der Waals surface area contributed by atoms with Crippen LogP contribution in [0.4, 0.5) is 0 Å². The van der Waals surface area contributed by atoms with Gasteiger partial charge in [0.1, 0.15) is 0 Å². The van der Waals surface area contributed by atoms with Gasteiger partial charge in [0, 0.05) is 12.3 Å². The lowest BCUT2D eigenvalue weighted by Crippen LogP contribution is -2.29. The molecule has 30 heavy (non-hydrogen) atoms. The first-order chi connectivity index (χ1) is 14.7. The van der Waals surface area contributed by atoms with Crippen LogP contribution < -0.4 is 0 Å². The van der Waals surface area contributed by atoms with Gasteiger partial charge in [-0.1, -0.05) is 83.1 Å². The summed E-state index contributed by atoms with van der Waals surface area (Å²) in [6.07, 6.45) is 20.6. The predicted octanol–water partition coefficient (Wildman–Crippen LogP) is 6.89. The number of allylic oxidation sites excluding steroid dienone is 4. The fourth-order valence-electron chi connectivity index (χ4n) is 3.98. The molecule has 166 valence electrons. The summed E-state index contributed by atoms with van der Waals surface area (Å²) >= 11 is 0. The molecule has 0 radical (unpaired) electrons. The molecule has 0 aromatic rings. The van der Waals surface area contributed by atoms with Crippen molar-refractivity contribution in [1.29, 1.82) is 10.5 Å². The Kier molecular flexibility index (Phi) is 14.5. The molecule has 1 aliphatic carbocycles. The summed E-state index contributed by atoms with van der Waals surface area (Å²) < 4.78 is 5.17. The highest BCUT2D eigenvalue weighted by Crippen LogP contribution is 2.37. The number of ether oxygens (including phenoxy) is 1. The second-order valence-electron chi connectivity index (χ2n) is 8.39. The fourth-order valence-corrected chi connectivity index (χ4v) is 3.98. The van der Waals surface area contributed by atoms with Crippen LogP contribution in [0.5, 0.6) is 0 Å². The molecular weight excluding hydrogens is 372 g/mol. The number of rotatable bonds is 15. The molecule has 0 aromatic heterocycles. The molecule has 0 fully saturated rings. The highest BCUT2D eigenvalue weighted by molar-refractivity contribution is 5.69. The standard InChI is InChI=1S/C26H40N2O2/c1-3-5-7-11-14-22-17-18-23(25(21-28)24(22)20-27)15-12-9-8-10-13-16-26(29)30-19-6-4-2/h11,14,17-18,22-25H,3-10,12-13,15-16,19H2,1-2H3/b14-11+. The van der Waals surface area contributed by atoms with E-state index in [1.807, 2.05) is 0 Å². The van der Waals surface area contributed by atoms with E-state index < -0.39 is 0 Å². The largest absolute Gasteiger partial charge is 0.466 e. The zero-order chi connectivity index (χ0) is 22.0. The average molecular weight is 413 g/mol. The minimum atomic E-state index is -0.249. The summed E-state index contributed by atoms with van der Waals surface area (Å²) in [4.78, 5) is 11.6. The highest BCUT2D eigenvalue weighted by Gasteiger charge is 2.35. The molecule has 0 amide bonds. The Morgan fingerprint density at radius 1 is 0.933 bits per heavy atom. The molecule has 1 aliphatic rings. The third-order valence-corrected chi connectivity index (χ3v) is 5.90. The lowest BCUT2D eigenvalue weighted by Gasteiger charge is -2.30. The van der Waals surface area contributed by atoms with Crippen LogP contribution in [0.3, 0.4) is 0 Å². The number of nitriles is 2. The molecule has 0 saturated carbocycles. The number of nitrogens with zero attached hydrogens (tertiary/aromatic N) is 2. The van der Waals surface area contributed by atoms with Crippen molar-refractivity contribution in [2.75, 3.05) is 6.61 Å².